The third kappa shape index (κ3) is 3.55. The standard InChI is InChI=1S/C15H16F4N2O3/c16-8-1-2-13(24-7-15(17,18)19)12(3-8)20-14(23)21-4-9-10(5-21)11(9)6-22/h1-3,9-11,22H,4-7H2,(H,20,23)/t9-,10+,11?. The Morgan fingerprint density at radius 1 is 1.33 bits per heavy atom. The van der Waals surface area contributed by atoms with Crippen molar-refractivity contribution in [3.8, 4) is 5.75 Å². The van der Waals surface area contributed by atoms with E-state index in [1.54, 1.807) is 0 Å². The molecule has 1 aromatic carbocycles. The number of likely N-dealkylation sites (tertiary alicyclic amines) is 1. The van der Waals surface area contributed by atoms with Gasteiger partial charge >= 0.3 is 12.2 Å². The number of nitrogens with zero attached hydrogens (tertiary/aromatic N) is 1. The highest BCUT2D eigenvalue weighted by molar-refractivity contribution is 5.91. The zero-order valence-electron chi connectivity index (χ0n) is 12.5. The average Bonchev–Trinajstić information content (AvgIpc) is 2.96. The second-order valence-electron chi connectivity index (χ2n) is 6.05. The molecule has 1 aromatic rings. The van der Waals surface area contributed by atoms with Gasteiger partial charge in [-0.25, -0.2) is 9.18 Å². The fraction of sp³-hybridized carbons (Fsp3) is 0.533. The van der Waals surface area contributed by atoms with Crippen molar-refractivity contribution in [1.29, 1.82) is 0 Å². The number of fused-ring (bicyclic) bond motifs is 1. The minimum atomic E-state index is -4.54. The summed E-state index contributed by atoms with van der Waals surface area (Å²) in [6, 6.07) is 2.39. The number of benzene rings is 1. The van der Waals surface area contributed by atoms with Crippen LogP contribution in [0.5, 0.6) is 5.75 Å². The van der Waals surface area contributed by atoms with Crippen molar-refractivity contribution in [2.45, 2.75) is 6.18 Å². The number of hydrogen-bond acceptors (Lipinski definition) is 3. The van der Waals surface area contributed by atoms with Crippen LogP contribution < -0.4 is 10.1 Å². The van der Waals surface area contributed by atoms with Gasteiger partial charge in [-0.15, -0.1) is 0 Å². The van der Waals surface area contributed by atoms with Gasteiger partial charge in [0.05, 0.1) is 5.69 Å². The SMILES string of the molecule is O=C(Nc1cc(F)ccc1OCC(F)(F)F)N1C[C@@H]2C(CO)[C@@H]2C1. The Labute approximate surface area is 135 Å². The van der Waals surface area contributed by atoms with E-state index in [0.29, 0.717) is 13.1 Å². The smallest absolute Gasteiger partial charge is 0.422 e. The molecule has 1 saturated heterocycles. The number of ether oxygens (including phenoxy) is 1. The van der Waals surface area contributed by atoms with Crippen LogP contribution in [0.15, 0.2) is 18.2 Å². The number of nitrogens with one attached hydrogen (secondary N) is 1. The number of hydrogen-bond donors (Lipinski definition) is 2. The molecule has 1 unspecified atom stereocenters. The first-order chi connectivity index (χ1) is 11.3. The molecule has 2 fully saturated rings. The van der Waals surface area contributed by atoms with Crippen LogP contribution >= 0.6 is 0 Å². The van der Waals surface area contributed by atoms with Gasteiger partial charge in [0.15, 0.2) is 6.61 Å². The van der Waals surface area contributed by atoms with Crippen molar-refractivity contribution in [3.63, 3.8) is 0 Å². The van der Waals surface area contributed by atoms with Crippen LogP contribution in [0.4, 0.5) is 28.0 Å². The summed E-state index contributed by atoms with van der Waals surface area (Å²) in [6.45, 7) is -0.511. The monoisotopic (exact) mass is 348 g/mol. The van der Waals surface area contributed by atoms with E-state index in [4.69, 9.17) is 5.11 Å². The van der Waals surface area contributed by atoms with Crippen LogP contribution in [-0.4, -0.2) is 48.5 Å². The first-order valence-corrected chi connectivity index (χ1v) is 7.44. The lowest BCUT2D eigenvalue weighted by Gasteiger charge is -2.21. The number of aliphatic hydroxyl groups is 1. The molecule has 3 atom stereocenters. The molecule has 9 heteroatoms. The lowest BCUT2D eigenvalue weighted by atomic mass is 10.2. The van der Waals surface area contributed by atoms with E-state index in [-0.39, 0.29) is 35.8 Å². The number of carbonyl (C=O) groups excluding carboxylic acids is 1. The van der Waals surface area contributed by atoms with Crippen molar-refractivity contribution in [1.82, 2.24) is 4.90 Å². The van der Waals surface area contributed by atoms with E-state index in [2.05, 4.69) is 10.1 Å². The van der Waals surface area contributed by atoms with Gasteiger partial charge in [-0.1, -0.05) is 0 Å². The summed E-state index contributed by atoms with van der Waals surface area (Å²) in [5.41, 5.74) is -0.150. The summed E-state index contributed by atoms with van der Waals surface area (Å²) < 4.78 is 54.8. The van der Waals surface area contributed by atoms with Gasteiger partial charge in [0.1, 0.15) is 11.6 Å². The highest BCUT2D eigenvalue weighted by atomic mass is 19.4. The summed E-state index contributed by atoms with van der Waals surface area (Å²) in [5.74, 6) is -0.216. The third-order valence-electron chi connectivity index (χ3n) is 4.44. The maximum absolute atomic E-state index is 13.3. The van der Waals surface area contributed by atoms with Crippen LogP contribution in [0.3, 0.4) is 0 Å². The topological polar surface area (TPSA) is 61.8 Å². The van der Waals surface area contributed by atoms with Gasteiger partial charge in [0, 0.05) is 25.8 Å². The first-order valence-electron chi connectivity index (χ1n) is 7.44. The predicted molar refractivity (Wildman–Crippen MR) is 76.1 cm³/mol. The van der Waals surface area contributed by atoms with Crippen molar-refractivity contribution in [3.05, 3.63) is 24.0 Å². The number of anilines is 1. The second-order valence-corrected chi connectivity index (χ2v) is 6.05. The Kier molecular flexibility index (Phi) is 4.29. The van der Waals surface area contributed by atoms with Gasteiger partial charge in [-0.05, 0) is 29.9 Å². The molecule has 24 heavy (non-hydrogen) atoms. The number of urea groups is 1. The summed E-state index contributed by atoms with van der Waals surface area (Å²) in [5, 5.41) is 11.5. The lowest BCUT2D eigenvalue weighted by molar-refractivity contribution is -0.153. The first kappa shape index (κ1) is 16.8. The van der Waals surface area contributed by atoms with E-state index >= 15 is 0 Å². The summed E-state index contributed by atoms with van der Waals surface area (Å²) in [4.78, 5) is 13.7. The molecule has 2 N–H and O–H groups in total. The molecule has 132 valence electrons. The van der Waals surface area contributed by atoms with Gasteiger partial charge in [0.2, 0.25) is 0 Å². The number of alkyl halides is 3. The predicted octanol–water partition coefficient (Wildman–Crippen LogP) is 2.47. The van der Waals surface area contributed by atoms with E-state index < -0.39 is 24.6 Å². The van der Waals surface area contributed by atoms with Crippen molar-refractivity contribution in [2.75, 3.05) is 31.6 Å². The van der Waals surface area contributed by atoms with Crippen molar-refractivity contribution >= 4 is 11.7 Å². The van der Waals surface area contributed by atoms with Crippen LogP contribution in [-0.2, 0) is 0 Å². The van der Waals surface area contributed by atoms with E-state index in [0.717, 1.165) is 18.2 Å². The Hall–Kier alpha value is -2.03. The molecule has 1 aliphatic heterocycles. The largest absolute Gasteiger partial charge is 0.482 e. The fourth-order valence-electron chi connectivity index (χ4n) is 3.17. The summed E-state index contributed by atoms with van der Waals surface area (Å²) >= 11 is 0. The Morgan fingerprint density at radius 3 is 2.58 bits per heavy atom. The van der Waals surface area contributed by atoms with E-state index in [9.17, 15) is 22.4 Å². The summed E-state index contributed by atoms with van der Waals surface area (Å²) in [6.07, 6.45) is -4.54. The molecular formula is C15H16F4N2O3. The van der Waals surface area contributed by atoms with E-state index in [1.807, 2.05) is 0 Å². The van der Waals surface area contributed by atoms with E-state index in [1.165, 1.54) is 4.90 Å². The molecule has 2 amide bonds. The Balaban J connectivity index is 1.64. The third-order valence-corrected chi connectivity index (χ3v) is 4.44. The molecule has 1 heterocycles. The van der Waals surface area contributed by atoms with Crippen LogP contribution in [0.2, 0.25) is 0 Å². The van der Waals surface area contributed by atoms with Crippen LogP contribution in [0.1, 0.15) is 0 Å². The number of piperidine rings is 1. The van der Waals surface area contributed by atoms with Crippen LogP contribution in [0.25, 0.3) is 0 Å². The second kappa shape index (κ2) is 6.12. The number of rotatable bonds is 4. The molecule has 0 bridgehead atoms. The van der Waals surface area contributed by atoms with Gasteiger partial charge in [-0.2, -0.15) is 13.2 Å². The maximum atomic E-state index is 13.3. The quantitative estimate of drug-likeness (QED) is 0.822. The number of amides is 2. The summed E-state index contributed by atoms with van der Waals surface area (Å²) in [7, 11) is 0. The minimum absolute atomic E-state index is 0.0874. The molecule has 0 radical (unpaired) electrons. The average molecular weight is 348 g/mol. The highest BCUT2D eigenvalue weighted by Gasteiger charge is 2.56. The molecular weight excluding hydrogens is 332 g/mol. The van der Waals surface area contributed by atoms with Crippen molar-refractivity contribution < 1.29 is 32.2 Å². The Morgan fingerprint density at radius 2 is 2.00 bits per heavy atom. The molecule has 1 saturated carbocycles. The number of carbonyl (C=O) groups is 1. The molecule has 2 aliphatic rings. The Bertz CT molecular complexity index is 626. The molecule has 3 rings (SSSR count). The fourth-order valence-corrected chi connectivity index (χ4v) is 3.17. The number of aliphatic hydroxyl groups excluding tert-OH is 1. The van der Waals surface area contributed by atoms with Gasteiger partial charge in [0.25, 0.3) is 0 Å². The molecule has 5 nitrogen and oxygen atoms in total. The minimum Gasteiger partial charge on any atom is -0.482 e. The molecule has 1 aliphatic carbocycles. The van der Waals surface area contributed by atoms with Gasteiger partial charge in [-0.3, -0.25) is 0 Å². The van der Waals surface area contributed by atoms with Crippen molar-refractivity contribution in [2.24, 2.45) is 17.8 Å². The zero-order valence-corrected chi connectivity index (χ0v) is 12.5. The molecule has 0 spiro atoms. The maximum Gasteiger partial charge on any atom is 0.422 e. The number of halogens is 4. The zero-order chi connectivity index (χ0) is 17.5. The lowest BCUT2D eigenvalue weighted by Crippen LogP contribution is -2.35. The highest BCUT2D eigenvalue weighted by Crippen LogP contribution is 2.51. The van der Waals surface area contributed by atoms with Gasteiger partial charge < -0.3 is 20.1 Å². The normalized spacial score (nSPS) is 25.4. The van der Waals surface area contributed by atoms with Crippen LogP contribution in [0, 0.1) is 23.6 Å². The molecule has 0 aromatic heterocycles.